The van der Waals surface area contributed by atoms with Crippen LogP contribution < -0.4 is 15.9 Å². The summed E-state index contributed by atoms with van der Waals surface area (Å²) in [5.74, 6) is -0.232. The van der Waals surface area contributed by atoms with Crippen molar-refractivity contribution >= 4 is 33.6 Å². The zero-order valence-corrected chi connectivity index (χ0v) is 18.8. The zero-order chi connectivity index (χ0) is 23.8. The minimum atomic E-state index is -0.783. The molecule has 34 heavy (non-hydrogen) atoms. The summed E-state index contributed by atoms with van der Waals surface area (Å²) in [5, 5.41) is 11.5. The Morgan fingerprint density at radius 3 is 2.56 bits per heavy atom. The van der Waals surface area contributed by atoms with Crippen LogP contribution in [0.2, 0.25) is 0 Å². The highest BCUT2D eigenvalue weighted by molar-refractivity contribution is 7.99. The number of benzene rings is 3. The van der Waals surface area contributed by atoms with Gasteiger partial charge in [0, 0.05) is 10.3 Å². The van der Waals surface area contributed by atoms with Crippen molar-refractivity contribution in [2.45, 2.75) is 16.3 Å². The fourth-order valence-electron chi connectivity index (χ4n) is 3.86. The second-order valence-corrected chi connectivity index (χ2v) is 8.67. The number of ether oxygens (including phenoxy) is 1. The van der Waals surface area contributed by atoms with E-state index < -0.39 is 22.8 Å². The molecule has 0 fully saturated rings. The van der Waals surface area contributed by atoms with Gasteiger partial charge in [0.2, 0.25) is 0 Å². The summed E-state index contributed by atoms with van der Waals surface area (Å²) >= 11 is 0.906. The number of nitrogens with zero attached hydrogens (tertiary/aromatic N) is 1. The molecule has 0 radical (unpaired) electrons. The van der Waals surface area contributed by atoms with Crippen LogP contribution in [0.5, 0.6) is 11.5 Å². The standard InChI is InChI=1S/C26H18FNO5S/c1-32-17-6-4-5-15(13-17)14-28-20-8-3-2-7-19(20)23-21(25(28)30)22(29)24(26(31)33-23)34-18-11-9-16(27)10-12-18/h2-13,29H,14H2,1H3. The van der Waals surface area contributed by atoms with Crippen molar-refractivity contribution in [3.05, 3.63) is 105 Å². The average Bonchev–Trinajstić information content (AvgIpc) is 2.85. The highest BCUT2D eigenvalue weighted by atomic mass is 32.2. The Labute approximate surface area is 196 Å². The molecule has 8 heteroatoms. The van der Waals surface area contributed by atoms with E-state index in [-0.39, 0.29) is 22.4 Å². The molecule has 0 spiro atoms. The zero-order valence-electron chi connectivity index (χ0n) is 17.9. The lowest BCUT2D eigenvalue weighted by Gasteiger charge is -2.14. The largest absolute Gasteiger partial charge is 0.505 e. The van der Waals surface area contributed by atoms with Crippen LogP contribution in [-0.2, 0) is 6.54 Å². The Morgan fingerprint density at radius 1 is 1.03 bits per heavy atom. The lowest BCUT2D eigenvalue weighted by molar-refractivity contribution is 0.414. The summed E-state index contributed by atoms with van der Waals surface area (Å²) in [6, 6.07) is 19.8. The molecule has 0 aliphatic carbocycles. The number of rotatable bonds is 5. The maximum atomic E-state index is 13.6. The highest BCUT2D eigenvalue weighted by Crippen LogP contribution is 2.37. The minimum absolute atomic E-state index is 0.0217. The van der Waals surface area contributed by atoms with Crippen LogP contribution in [0.4, 0.5) is 4.39 Å². The fourth-order valence-corrected chi connectivity index (χ4v) is 4.69. The molecule has 5 aromatic rings. The van der Waals surface area contributed by atoms with Crippen molar-refractivity contribution in [1.29, 1.82) is 0 Å². The number of halogens is 1. The van der Waals surface area contributed by atoms with Gasteiger partial charge in [-0.05, 0) is 54.1 Å². The van der Waals surface area contributed by atoms with Crippen molar-refractivity contribution in [2.75, 3.05) is 7.11 Å². The van der Waals surface area contributed by atoms with E-state index in [0.29, 0.717) is 21.5 Å². The summed E-state index contributed by atoms with van der Waals surface area (Å²) in [6.45, 7) is 0.214. The number of para-hydroxylation sites is 1. The molecule has 0 aliphatic rings. The van der Waals surface area contributed by atoms with Crippen LogP contribution in [0.25, 0.3) is 21.9 Å². The van der Waals surface area contributed by atoms with E-state index >= 15 is 0 Å². The number of fused-ring (bicyclic) bond motifs is 3. The monoisotopic (exact) mass is 475 g/mol. The molecule has 0 saturated carbocycles. The Kier molecular flexibility index (Phi) is 5.59. The molecule has 6 nitrogen and oxygen atoms in total. The third-order valence-corrected chi connectivity index (χ3v) is 6.54. The predicted octanol–water partition coefficient (Wildman–Crippen LogP) is 5.16. The second-order valence-electron chi connectivity index (χ2n) is 7.59. The van der Waals surface area contributed by atoms with E-state index in [1.165, 1.54) is 28.8 Å². The van der Waals surface area contributed by atoms with Crippen LogP contribution in [0.15, 0.2) is 96.6 Å². The molecular weight excluding hydrogens is 457 g/mol. The first-order valence-electron chi connectivity index (χ1n) is 10.3. The molecule has 3 aromatic carbocycles. The lowest BCUT2D eigenvalue weighted by Crippen LogP contribution is -2.22. The molecule has 170 valence electrons. The number of hydrogen-bond donors (Lipinski definition) is 1. The van der Waals surface area contributed by atoms with Crippen molar-refractivity contribution in [1.82, 2.24) is 4.57 Å². The van der Waals surface area contributed by atoms with E-state index in [9.17, 15) is 19.1 Å². The maximum Gasteiger partial charge on any atom is 0.354 e. The number of methoxy groups -OCH3 is 1. The Bertz CT molecular complexity index is 1660. The first-order chi connectivity index (χ1) is 16.5. The number of hydrogen-bond acceptors (Lipinski definition) is 6. The molecule has 2 aromatic heterocycles. The molecule has 2 heterocycles. The van der Waals surface area contributed by atoms with E-state index in [4.69, 9.17) is 9.15 Å². The Hall–Kier alpha value is -4.04. The molecule has 0 atom stereocenters. The van der Waals surface area contributed by atoms with Crippen LogP contribution in [-0.4, -0.2) is 16.8 Å². The van der Waals surface area contributed by atoms with Gasteiger partial charge in [0.15, 0.2) is 11.3 Å². The van der Waals surface area contributed by atoms with Crippen LogP contribution in [0.1, 0.15) is 5.56 Å². The molecular formula is C26H18FNO5S. The van der Waals surface area contributed by atoms with E-state index in [1.807, 2.05) is 24.3 Å². The molecule has 0 unspecified atom stereocenters. The van der Waals surface area contributed by atoms with Gasteiger partial charge in [-0.3, -0.25) is 4.79 Å². The summed E-state index contributed by atoms with van der Waals surface area (Å²) in [7, 11) is 1.57. The quantitative estimate of drug-likeness (QED) is 0.354. The van der Waals surface area contributed by atoms with Gasteiger partial charge in [0.05, 0.1) is 19.2 Å². The molecule has 0 saturated heterocycles. The van der Waals surface area contributed by atoms with Crippen molar-refractivity contribution in [3.63, 3.8) is 0 Å². The summed E-state index contributed by atoms with van der Waals surface area (Å²) < 4.78 is 25.7. The van der Waals surface area contributed by atoms with Crippen molar-refractivity contribution in [3.8, 4) is 11.5 Å². The Morgan fingerprint density at radius 2 is 1.79 bits per heavy atom. The van der Waals surface area contributed by atoms with Crippen molar-refractivity contribution in [2.24, 2.45) is 0 Å². The summed E-state index contributed by atoms with van der Waals surface area (Å²) in [5.41, 5.74) is 0.120. The van der Waals surface area contributed by atoms with Gasteiger partial charge in [-0.25, -0.2) is 9.18 Å². The molecule has 1 N–H and O–H groups in total. The van der Waals surface area contributed by atoms with Gasteiger partial charge in [0.1, 0.15) is 21.8 Å². The molecule has 0 amide bonds. The van der Waals surface area contributed by atoms with Crippen LogP contribution in [0, 0.1) is 5.82 Å². The Balaban J connectivity index is 1.75. The minimum Gasteiger partial charge on any atom is -0.505 e. The van der Waals surface area contributed by atoms with Crippen molar-refractivity contribution < 1.29 is 18.7 Å². The summed E-state index contributed by atoms with van der Waals surface area (Å²) in [4.78, 5) is 26.8. The third-order valence-electron chi connectivity index (χ3n) is 5.47. The number of aromatic nitrogens is 1. The van der Waals surface area contributed by atoms with Crippen LogP contribution in [0.3, 0.4) is 0 Å². The van der Waals surface area contributed by atoms with Gasteiger partial charge in [-0.1, -0.05) is 36.0 Å². The number of aromatic hydroxyl groups is 1. The SMILES string of the molecule is COc1cccc(Cn2c(=O)c3c(O)c(Sc4ccc(F)cc4)c(=O)oc3c3ccccc32)c1. The molecule has 0 bridgehead atoms. The topological polar surface area (TPSA) is 81.7 Å². The van der Waals surface area contributed by atoms with E-state index in [1.54, 1.807) is 31.4 Å². The fraction of sp³-hybridized carbons (Fsp3) is 0.0769. The third kappa shape index (κ3) is 3.82. The second kappa shape index (κ2) is 8.72. The van der Waals surface area contributed by atoms with Gasteiger partial charge >= 0.3 is 5.63 Å². The van der Waals surface area contributed by atoms with E-state index in [0.717, 1.165) is 17.3 Å². The first-order valence-corrected chi connectivity index (χ1v) is 11.2. The summed E-state index contributed by atoms with van der Waals surface area (Å²) in [6.07, 6.45) is 0. The average molecular weight is 475 g/mol. The normalized spacial score (nSPS) is 11.2. The maximum absolute atomic E-state index is 13.6. The predicted molar refractivity (Wildman–Crippen MR) is 129 cm³/mol. The number of pyridine rings is 1. The van der Waals surface area contributed by atoms with Gasteiger partial charge < -0.3 is 18.8 Å². The first kappa shape index (κ1) is 21.8. The van der Waals surface area contributed by atoms with Gasteiger partial charge in [0.25, 0.3) is 5.56 Å². The molecule has 5 rings (SSSR count). The van der Waals surface area contributed by atoms with Gasteiger partial charge in [-0.2, -0.15) is 0 Å². The smallest absolute Gasteiger partial charge is 0.354 e. The van der Waals surface area contributed by atoms with Gasteiger partial charge in [-0.15, -0.1) is 0 Å². The highest BCUT2D eigenvalue weighted by Gasteiger charge is 2.22. The van der Waals surface area contributed by atoms with E-state index in [2.05, 4.69) is 0 Å². The molecule has 0 aliphatic heterocycles. The van der Waals surface area contributed by atoms with Crippen LogP contribution >= 0.6 is 11.8 Å². The lowest BCUT2D eigenvalue weighted by atomic mass is 10.1.